The molecule has 4 aromatic rings. The SMILES string of the molecule is COc1cc(OC)c(-c2cn3ccc(NC4CCC(N)C(Cc5ccc(N(C)C)cc5)C4)cc3n2)cc1Cl. The van der Waals surface area contributed by atoms with Crippen molar-refractivity contribution in [1.82, 2.24) is 9.38 Å². The Morgan fingerprint density at radius 1 is 1.05 bits per heavy atom. The van der Waals surface area contributed by atoms with E-state index in [2.05, 4.69) is 60.7 Å². The first-order chi connectivity index (χ1) is 18.3. The van der Waals surface area contributed by atoms with Crippen LogP contribution < -0.4 is 25.4 Å². The quantitative estimate of drug-likeness (QED) is 0.294. The number of imidazole rings is 1. The average molecular weight is 534 g/mol. The minimum Gasteiger partial charge on any atom is -0.496 e. The van der Waals surface area contributed by atoms with E-state index in [1.165, 1.54) is 11.3 Å². The third-order valence-corrected chi connectivity index (χ3v) is 7.87. The maximum absolute atomic E-state index is 6.57. The molecule has 0 amide bonds. The highest BCUT2D eigenvalue weighted by Crippen LogP contribution is 2.38. The van der Waals surface area contributed by atoms with Crippen molar-refractivity contribution in [2.45, 2.75) is 37.8 Å². The summed E-state index contributed by atoms with van der Waals surface area (Å²) in [6.45, 7) is 0. The Hall–Kier alpha value is -3.42. The van der Waals surface area contributed by atoms with Gasteiger partial charge in [-0.1, -0.05) is 23.7 Å². The maximum Gasteiger partial charge on any atom is 0.141 e. The number of benzene rings is 2. The van der Waals surface area contributed by atoms with Crippen LogP contribution >= 0.6 is 11.6 Å². The van der Waals surface area contributed by atoms with Crippen molar-refractivity contribution in [3.8, 4) is 22.8 Å². The van der Waals surface area contributed by atoms with E-state index in [1.807, 2.05) is 22.9 Å². The van der Waals surface area contributed by atoms with E-state index >= 15 is 0 Å². The molecular weight excluding hydrogens is 498 g/mol. The molecule has 8 heteroatoms. The number of pyridine rings is 1. The van der Waals surface area contributed by atoms with Crippen LogP contribution in [-0.2, 0) is 6.42 Å². The number of rotatable bonds is 8. The predicted molar refractivity (Wildman–Crippen MR) is 156 cm³/mol. The molecule has 1 aliphatic carbocycles. The van der Waals surface area contributed by atoms with Crippen molar-refractivity contribution >= 4 is 28.6 Å². The van der Waals surface area contributed by atoms with E-state index in [9.17, 15) is 0 Å². The zero-order valence-electron chi connectivity index (χ0n) is 22.4. The number of hydrogen-bond acceptors (Lipinski definition) is 6. The molecule has 0 radical (unpaired) electrons. The Balaban J connectivity index is 1.30. The molecule has 0 saturated heterocycles. The average Bonchev–Trinajstić information content (AvgIpc) is 3.34. The number of methoxy groups -OCH3 is 2. The number of halogens is 1. The molecule has 0 bridgehead atoms. The molecule has 1 fully saturated rings. The molecule has 2 aromatic carbocycles. The van der Waals surface area contributed by atoms with Gasteiger partial charge in [0.25, 0.3) is 0 Å². The van der Waals surface area contributed by atoms with E-state index in [1.54, 1.807) is 20.3 Å². The van der Waals surface area contributed by atoms with Crippen LogP contribution in [0.4, 0.5) is 11.4 Å². The molecule has 3 N–H and O–H groups in total. The molecule has 0 spiro atoms. The van der Waals surface area contributed by atoms with Gasteiger partial charge in [-0.2, -0.15) is 0 Å². The fourth-order valence-electron chi connectivity index (χ4n) is 5.38. The molecule has 1 saturated carbocycles. The smallest absolute Gasteiger partial charge is 0.141 e. The largest absolute Gasteiger partial charge is 0.496 e. The summed E-state index contributed by atoms with van der Waals surface area (Å²) in [5.74, 6) is 1.67. The van der Waals surface area contributed by atoms with Gasteiger partial charge in [-0.3, -0.25) is 0 Å². The third-order valence-electron chi connectivity index (χ3n) is 7.57. The normalized spacial score (nSPS) is 19.4. The van der Waals surface area contributed by atoms with Crippen molar-refractivity contribution in [2.75, 3.05) is 38.5 Å². The molecule has 0 aliphatic heterocycles. The topological polar surface area (TPSA) is 77.0 Å². The summed E-state index contributed by atoms with van der Waals surface area (Å²) in [6.07, 6.45) is 8.14. The van der Waals surface area contributed by atoms with Crippen LogP contribution in [-0.4, -0.2) is 49.8 Å². The second-order valence-corrected chi connectivity index (χ2v) is 10.7. The van der Waals surface area contributed by atoms with Gasteiger partial charge >= 0.3 is 0 Å². The van der Waals surface area contributed by atoms with Gasteiger partial charge in [-0.05, 0) is 61.4 Å². The summed E-state index contributed by atoms with van der Waals surface area (Å²) < 4.78 is 12.9. The van der Waals surface area contributed by atoms with E-state index in [0.29, 0.717) is 28.5 Å². The van der Waals surface area contributed by atoms with Crippen molar-refractivity contribution < 1.29 is 9.47 Å². The fraction of sp³-hybridized carbons (Fsp3) is 0.367. The zero-order chi connectivity index (χ0) is 26.8. The monoisotopic (exact) mass is 533 g/mol. The summed E-state index contributed by atoms with van der Waals surface area (Å²) in [6, 6.07) is 17.2. The van der Waals surface area contributed by atoms with Gasteiger partial charge < -0.3 is 29.8 Å². The van der Waals surface area contributed by atoms with Crippen molar-refractivity contribution in [1.29, 1.82) is 0 Å². The van der Waals surface area contributed by atoms with Gasteiger partial charge in [0, 0.05) is 67.6 Å². The molecular formula is C30H36ClN5O2. The van der Waals surface area contributed by atoms with Gasteiger partial charge in [0.1, 0.15) is 17.1 Å². The lowest BCUT2D eigenvalue weighted by Gasteiger charge is -2.35. The Morgan fingerprint density at radius 2 is 1.82 bits per heavy atom. The predicted octanol–water partition coefficient (Wildman–Crippen LogP) is 5.89. The molecule has 2 aromatic heterocycles. The molecule has 2 heterocycles. The Morgan fingerprint density at radius 3 is 2.53 bits per heavy atom. The number of fused-ring (bicyclic) bond motifs is 1. The van der Waals surface area contributed by atoms with Crippen LogP contribution in [0.5, 0.6) is 11.5 Å². The van der Waals surface area contributed by atoms with Gasteiger partial charge in [-0.15, -0.1) is 0 Å². The standard InChI is InChI=1S/C30H36ClN5O2/c1-35(2)23-8-5-19(6-9-23)13-20-14-21(7-10-26(20)32)33-22-11-12-36-18-27(34-30(36)15-22)24-16-25(31)29(38-4)17-28(24)37-3/h5-6,8-9,11-12,15-18,20-21,26,33H,7,10,13-14,32H2,1-4H3. The number of nitrogens with zero attached hydrogens (tertiary/aromatic N) is 3. The molecule has 3 atom stereocenters. The summed E-state index contributed by atoms with van der Waals surface area (Å²) in [4.78, 5) is 6.99. The summed E-state index contributed by atoms with van der Waals surface area (Å²) in [5.41, 5.74) is 12.6. The van der Waals surface area contributed by atoms with Crippen LogP contribution in [0, 0.1) is 5.92 Å². The Kier molecular flexibility index (Phi) is 7.68. The summed E-state index contributed by atoms with van der Waals surface area (Å²) in [7, 11) is 7.35. The molecule has 3 unspecified atom stereocenters. The number of nitrogens with two attached hydrogens (primary N) is 1. The fourth-order valence-corrected chi connectivity index (χ4v) is 5.62. The highest BCUT2D eigenvalue weighted by Gasteiger charge is 2.28. The summed E-state index contributed by atoms with van der Waals surface area (Å²) in [5, 5.41) is 4.27. The first kappa shape index (κ1) is 26.2. The Bertz CT molecular complexity index is 1400. The molecule has 200 valence electrons. The second-order valence-electron chi connectivity index (χ2n) is 10.3. The first-order valence-corrected chi connectivity index (χ1v) is 13.4. The summed E-state index contributed by atoms with van der Waals surface area (Å²) >= 11 is 6.40. The number of ether oxygens (including phenoxy) is 2. The van der Waals surface area contributed by atoms with Crippen LogP contribution in [0.15, 0.2) is 60.9 Å². The van der Waals surface area contributed by atoms with Crippen LogP contribution in [0.3, 0.4) is 0 Å². The number of nitrogens with one attached hydrogen (secondary N) is 1. The van der Waals surface area contributed by atoms with Gasteiger partial charge in [0.2, 0.25) is 0 Å². The number of anilines is 2. The molecule has 5 rings (SSSR count). The molecule has 1 aliphatic rings. The Labute approximate surface area is 229 Å². The van der Waals surface area contributed by atoms with Crippen molar-refractivity contribution in [2.24, 2.45) is 11.7 Å². The third kappa shape index (κ3) is 5.54. The van der Waals surface area contributed by atoms with Crippen LogP contribution in [0.25, 0.3) is 16.9 Å². The molecule has 38 heavy (non-hydrogen) atoms. The first-order valence-electron chi connectivity index (χ1n) is 13.0. The lowest BCUT2D eigenvalue weighted by Crippen LogP contribution is -2.41. The van der Waals surface area contributed by atoms with E-state index < -0.39 is 0 Å². The molecule has 7 nitrogen and oxygen atoms in total. The number of hydrogen-bond donors (Lipinski definition) is 2. The van der Waals surface area contributed by atoms with E-state index in [0.717, 1.165) is 48.3 Å². The minimum absolute atomic E-state index is 0.227. The zero-order valence-corrected chi connectivity index (χ0v) is 23.2. The van der Waals surface area contributed by atoms with Crippen LogP contribution in [0.2, 0.25) is 5.02 Å². The lowest BCUT2D eigenvalue weighted by molar-refractivity contribution is 0.288. The van der Waals surface area contributed by atoms with Gasteiger partial charge in [-0.25, -0.2) is 4.98 Å². The second kappa shape index (κ2) is 11.1. The van der Waals surface area contributed by atoms with Crippen molar-refractivity contribution in [3.63, 3.8) is 0 Å². The maximum atomic E-state index is 6.57. The van der Waals surface area contributed by atoms with Crippen molar-refractivity contribution in [3.05, 3.63) is 71.5 Å². The van der Waals surface area contributed by atoms with Gasteiger partial charge in [0.05, 0.1) is 24.9 Å². The van der Waals surface area contributed by atoms with E-state index in [4.69, 9.17) is 31.8 Å². The lowest BCUT2D eigenvalue weighted by atomic mass is 9.78. The highest BCUT2D eigenvalue weighted by molar-refractivity contribution is 6.32. The number of aromatic nitrogens is 2. The highest BCUT2D eigenvalue weighted by atomic mass is 35.5. The van der Waals surface area contributed by atoms with E-state index in [-0.39, 0.29) is 6.04 Å². The van der Waals surface area contributed by atoms with Gasteiger partial charge in [0.15, 0.2) is 0 Å². The van der Waals surface area contributed by atoms with Crippen LogP contribution in [0.1, 0.15) is 24.8 Å². The minimum atomic E-state index is 0.227.